The van der Waals surface area contributed by atoms with Gasteiger partial charge in [-0.15, -0.1) is 0 Å². The van der Waals surface area contributed by atoms with Crippen molar-refractivity contribution in [2.24, 2.45) is 10.9 Å². The van der Waals surface area contributed by atoms with E-state index in [1.165, 1.54) is 5.69 Å². The van der Waals surface area contributed by atoms with Gasteiger partial charge in [-0.1, -0.05) is 18.2 Å². The molecule has 1 aliphatic rings. The molecule has 0 saturated carbocycles. The standard InChI is InChI=1S/C19H32N4O2S/c1-3-20-19(22-15-17-11-14-26(24,25)16-17)21-12-8-13-23(4-2)18-9-6-5-7-10-18/h5-7,9-10,17H,3-4,8,11-16H2,1-2H3,(H2,20,21,22). The lowest BCUT2D eigenvalue weighted by Gasteiger charge is -2.23. The van der Waals surface area contributed by atoms with Crippen LogP contribution in [0, 0.1) is 5.92 Å². The fourth-order valence-corrected chi connectivity index (χ4v) is 5.01. The third-order valence-corrected chi connectivity index (χ3v) is 6.42. The molecule has 1 heterocycles. The molecule has 1 aromatic rings. The van der Waals surface area contributed by atoms with Crippen LogP contribution in [-0.2, 0) is 9.84 Å². The Balaban J connectivity index is 1.76. The van der Waals surface area contributed by atoms with Gasteiger partial charge in [0, 0.05) is 38.4 Å². The molecule has 1 saturated heterocycles. The Labute approximate surface area is 158 Å². The van der Waals surface area contributed by atoms with Crippen molar-refractivity contribution in [2.75, 3.05) is 49.1 Å². The summed E-state index contributed by atoms with van der Waals surface area (Å²) in [6.45, 7) is 8.35. The Morgan fingerprint density at radius 2 is 2.00 bits per heavy atom. The molecule has 2 N–H and O–H groups in total. The molecule has 0 bridgehead atoms. The van der Waals surface area contributed by atoms with Crippen LogP contribution in [0.1, 0.15) is 26.7 Å². The topological polar surface area (TPSA) is 73.8 Å². The van der Waals surface area contributed by atoms with Crippen LogP contribution in [0.2, 0.25) is 0 Å². The smallest absolute Gasteiger partial charge is 0.191 e. The fraction of sp³-hybridized carbons (Fsp3) is 0.632. The average molecular weight is 381 g/mol. The highest BCUT2D eigenvalue weighted by molar-refractivity contribution is 7.91. The summed E-state index contributed by atoms with van der Waals surface area (Å²) < 4.78 is 23.1. The Morgan fingerprint density at radius 1 is 1.23 bits per heavy atom. The van der Waals surface area contributed by atoms with Gasteiger partial charge in [0.15, 0.2) is 15.8 Å². The molecule has 2 rings (SSSR count). The van der Waals surface area contributed by atoms with Gasteiger partial charge in [-0.3, -0.25) is 4.99 Å². The Morgan fingerprint density at radius 3 is 2.62 bits per heavy atom. The van der Waals surface area contributed by atoms with Gasteiger partial charge in [-0.2, -0.15) is 0 Å². The van der Waals surface area contributed by atoms with Crippen LogP contribution in [0.5, 0.6) is 0 Å². The maximum absolute atomic E-state index is 11.5. The van der Waals surface area contributed by atoms with E-state index < -0.39 is 9.84 Å². The van der Waals surface area contributed by atoms with Gasteiger partial charge >= 0.3 is 0 Å². The first-order valence-corrected chi connectivity index (χ1v) is 11.4. The van der Waals surface area contributed by atoms with Gasteiger partial charge in [0.1, 0.15) is 0 Å². The van der Waals surface area contributed by atoms with Crippen molar-refractivity contribution in [3.8, 4) is 0 Å². The van der Waals surface area contributed by atoms with Gasteiger partial charge in [0.2, 0.25) is 0 Å². The number of hydrogen-bond acceptors (Lipinski definition) is 4. The number of guanidine groups is 1. The number of benzene rings is 1. The van der Waals surface area contributed by atoms with Crippen molar-refractivity contribution in [1.29, 1.82) is 0 Å². The van der Waals surface area contributed by atoms with Crippen LogP contribution in [0.25, 0.3) is 0 Å². The summed E-state index contributed by atoms with van der Waals surface area (Å²) in [7, 11) is -2.83. The van der Waals surface area contributed by atoms with Crippen molar-refractivity contribution < 1.29 is 8.42 Å². The Kier molecular flexibility index (Phi) is 8.22. The molecule has 1 fully saturated rings. The molecule has 7 heteroatoms. The monoisotopic (exact) mass is 380 g/mol. The number of nitrogens with one attached hydrogen (secondary N) is 2. The van der Waals surface area contributed by atoms with E-state index in [2.05, 4.69) is 51.7 Å². The summed E-state index contributed by atoms with van der Waals surface area (Å²) in [5.41, 5.74) is 1.25. The third-order valence-electron chi connectivity index (χ3n) is 4.58. The molecule has 1 unspecified atom stereocenters. The molecule has 0 radical (unpaired) electrons. The predicted octanol–water partition coefficient (Wildman–Crippen LogP) is 1.89. The van der Waals surface area contributed by atoms with Crippen LogP contribution in [0.4, 0.5) is 5.69 Å². The van der Waals surface area contributed by atoms with Gasteiger partial charge in [0.25, 0.3) is 0 Å². The van der Waals surface area contributed by atoms with Gasteiger partial charge in [0.05, 0.1) is 11.5 Å². The summed E-state index contributed by atoms with van der Waals surface area (Å²) >= 11 is 0. The minimum Gasteiger partial charge on any atom is -0.372 e. The molecule has 1 aromatic carbocycles. The van der Waals surface area contributed by atoms with E-state index in [0.717, 1.165) is 45.0 Å². The number of anilines is 1. The molecule has 1 aliphatic heterocycles. The molecule has 26 heavy (non-hydrogen) atoms. The first-order chi connectivity index (χ1) is 12.5. The normalized spacial score (nSPS) is 19.3. The summed E-state index contributed by atoms with van der Waals surface area (Å²) in [6.07, 6.45) is 1.73. The largest absolute Gasteiger partial charge is 0.372 e. The second-order valence-corrected chi connectivity index (χ2v) is 8.91. The minimum absolute atomic E-state index is 0.157. The molecular weight excluding hydrogens is 348 g/mol. The lowest BCUT2D eigenvalue weighted by Crippen LogP contribution is -2.39. The van der Waals surface area contributed by atoms with Crippen molar-refractivity contribution in [1.82, 2.24) is 10.6 Å². The minimum atomic E-state index is -2.83. The van der Waals surface area contributed by atoms with Crippen LogP contribution in [-0.4, -0.2) is 58.6 Å². The number of nitrogens with zero attached hydrogens (tertiary/aromatic N) is 2. The molecule has 0 aromatic heterocycles. The van der Waals surface area contributed by atoms with Gasteiger partial charge in [-0.05, 0) is 44.7 Å². The van der Waals surface area contributed by atoms with Crippen LogP contribution < -0.4 is 15.5 Å². The Hall–Kier alpha value is -1.76. The number of sulfone groups is 1. The van der Waals surface area contributed by atoms with Crippen LogP contribution in [0.15, 0.2) is 35.3 Å². The zero-order valence-corrected chi connectivity index (χ0v) is 16.8. The van der Waals surface area contributed by atoms with Crippen molar-refractivity contribution in [3.05, 3.63) is 30.3 Å². The maximum atomic E-state index is 11.5. The molecule has 0 aliphatic carbocycles. The molecule has 146 valence electrons. The van der Waals surface area contributed by atoms with E-state index in [1.54, 1.807) is 0 Å². The van der Waals surface area contributed by atoms with E-state index in [9.17, 15) is 8.42 Å². The molecule has 0 amide bonds. The SMILES string of the molecule is CCNC(=NCC1CCS(=O)(=O)C1)NCCCN(CC)c1ccccc1. The van der Waals surface area contributed by atoms with Crippen molar-refractivity contribution in [2.45, 2.75) is 26.7 Å². The first-order valence-electron chi connectivity index (χ1n) is 9.56. The van der Waals surface area contributed by atoms with Crippen molar-refractivity contribution in [3.63, 3.8) is 0 Å². The Bertz CT molecular complexity index is 661. The fourth-order valence-electron chi connectivity index (χ4n) is 3.16. The lowest BCUT2D eigenvalue weighted by molar-refractivity contribution is 0.589. The van der Waals surface area contributed by atoms with E-state index >= 15 is 0 Å². The lowest BCUT2D eigenvalue weighted by atomic mass is 10.1. The summed E-state index contributed by atoms with van der Waals surface area (Å²) in [6, 6.07) is 10.4. The molecule has 0 spiro atoms. The van der Waals surface area contributed by atoms with Crippen LogP contribution in [0.3, 0.4) is 0 Å². The molecule has 6 nitrogen and oxygen atoms in total. The quantitative estimate of drug-likeness (QED) is 0.389. The van der Waals surface area contributed by atoms with Crippen LogP contribution >= 0.6 is 0 Å². The van der Waals surface area contributed by atoms with E-state index in [0.29, 0.717) is 12.3 Å². The number of para-hydroxylation sites is 1. The van der Waals surface area contributed by atoms with E-state index in [-0.39, 0.29) is 11.7 Å². The predicted molar refractivity (Wildman–Crippen MR) is 110 cm³/mol. The second-order valence-electron chi connectivity index (χ2n) is 6.68. The summed E-state index contributed by atoms with van der Waals surface area (Å²) in [5.74, 6) is 1.52. The average Bonchev–Trinajstić information content (AvgIpc) is 2.99. The van der Waals surface area contributed by atoms with Gasteiger partial charge in [-0.25, -0.2) is 8.42 Å². The van der Waals surface area contributed by atoms with Crippen molar-refractivity contribution >= 4 is 21.5 Å². The number of rotatable bonds is 9. The number of hydrogen-bond donors (Lipinski definition) is 2. The van der Waals surface area contributed by atoms with E-state index in [1.807, 2.05) is 13.0 Å². The molecule has 1 atom stereocenters. The summed E-state index contributed by atoms with van der Waals surface area (Å²) in [4.78, 5) is 6.93. The van der Waals surface area contributed by atoms with Gasteiger partial charge < -0.3 is 15.5 Å². The summed E-state index contributed by atoms with van der Waals surface area (Å²) in [5, 5.41) is 6.60. The highest BCUT2D eigenvalue weighted by Crippen LogP contribution is 2.18. The maximum Gasteiger partial charge on any atom is 0.191 e. The highest BCUT2D eigenvalue weighted by Gasteiger charge is 2.27. The second kappa shape index (κ2) is 10.4. The van der Waals surface area contributed by atoms with E-state index in [4.69, 9.17) is 0 Å². The number of aliphatic imine (C=N–C) groups is 1. The zero-order valence-electron chi connectivity index (χ0n) is 15.9. The molecular formula is C19H32N4O2S. The zero-order chi connectivity index (χ0) is 18.8. The third kappa shape index (κ3) is 6.86. The first kappa shape index (κ1) is 20.6. The highest BCUT2D eigenvalue weighted by atomic mass is 32.2.